The first-order valence-corrected chi connectivity index (χ1v) is 11.7. The van der Waals surface area contributed by atoms with Gasteiger partial charge in [0, 0.05) is 5.56 Å². The molecule has 190 valence electrons. The Labute approximate surface area is 209 Å². The largest absolute Gasteiger partial charge is 0.493 e. The van der Waals surface area contributed by atoms with E-state index in [2.05, 4.69) is 5.32 Å². The summed E-state index contributed by atoms with van der Waals surface area (Å²) in [5, 5.41) is 15.6. The highest BCUT2D eigenvalue weighted by molar-refractivity contribution is 7.12. The summed E-state index contributed by atoms with van der Waals surface area (Å²) in [6, 6.07) is 12.5. The summed E-state index contributed by atoms with van der Waals surface area (Å²) in [5.74, 6) is -2.92. The second-order valence-corrected chi connectivity index (χ2v) is 9.07. The lowest BCUT2D eigenvalue weighted by atomic mass is 9.77. The molecule has 36 heavy (non-hydrogen) atoms. The number of methoxy groups -OCH3 is 2. The van der Waals surface area contributed by atoms with Crippen LogP contribution >= 0.6 is 11.3 Å². The van der Waals surface area contributed by atoms with E-state index >= 15 is 0 Å². The minimum atomic E-state index is -5.39. The van der Waals surface area contributed by atoms with E-state index in [9.17, 15) is 27.9 Å². The van der Waals surface area contributed by atoms with Gasteiger partial charge in [0.15, 0.2) is 17.3 Å². The van der Waals surface area contributed by atoms with Crippen molar-refractivity contribution in [3.63, 3.8) is 0 Å². The minimum Gasteiger partial charge on any atom is -0.493 e. The highest BCUT2D eigenvalue weighted by Gasteiger charge is 2.70. The number of Topliss-reactive ketones (excluding diaryl/α,β-unsaturated/α-hetero) is 1. The summed E-state index contributed by atoms with van der Waals surface area (Å²) in [6.07, 6.45) is -5.39. The van der Waals surface area contributed by atoms with Gasteiger partial charge in [-0.2, -0.15) is 13.2 Å². The number of urea groups is 1. The van der Waals surface area contributed by atoms with Gasteiger partial charge >= 0.3 is 12.2 Å². The molecule has 1 aromatic heterocycles. The molecule has 0 unspecified atom stereocenters. The summed E-state index contributed by atoms with van der Waals surface area (Å²) in [5.41, 5.74) is -3.44. The molecule has 2 aromatic carbocycles. The first-order valence-electron chi connectivity index (χ1n) is 10.8. The van der Waals surface area contributed by atoms with Crippen molar-refractivity contribution in [3.05, 3.63) is 82.0 Å². The third-order valence-corrected chi connectivity index (χ3v) is 7.00. The first-order chi connectivity index (χ1) is 17.1. The van der Waals surface area contributed by atoms with Gasteiger partial charge in [0.2, 0.25) is 0 Å². The smallest absolute Gasteiger partial charge is 0.437 e. The van der Waals surface area contributed by atoms with E-state index in [-0.39, 0.29) is 26.8 Å². The maximum Gasteiger partial charge on any atom is 0.437 e. The molecule has 7 nitrogen and oxygen atoms in total. The molecule has 3 aromatic rings. The number of nitrogens with one attached hydrogen (secondary N) is 1. The van der Waals surface area contributed by atoms with Gasteiger partial charge < -0.3 is 19.9 Å². The van der Waals surface area contributed by atoms with Gasteiger partial charge in [-0.15, -0.1) is 11.3 Å². The number of hydrogen-bond acceptors (Lipinski definition) is 6. The van der Waals surface area contributed by atoms with E-state index in [1.165, 1.54) is 56.7 Å². The van der Waals surface area contributed by atoms with Crippen molar-refractivity contribution in [2.45, 2.75) is 24.5 Å². The summed E-state index contributed by atoms with van der Waals surface area (Å²) in [6.45, 7) is -0.584. The topological polar surface area (TPSA) is 88.1 Å². The van der Waals surface area contributed by atoms with Crippen molar-refractivity contribution in [3.8, 4) is 11.5 Å². The van der Waals surface area contributed by atoms with Crippen LogP contribution in [-0.4, -0.2) is 47.9 Å². The fraction of sp³-hybridized carbons (Fsp3) is 0.280. The SMILES string of the molecule is COc1cccc([C@@H]2NC(=O)N(Cc3ccccc3)[C@](O)(C(F)(F)F)[C@@H]2C(=O)c2cccs2)c1OC. The van der Waals surface area contributed by atoms with E-state index < -0.39 is 42.2 Å². The van der Waals surface area contributed by atoms with Crippen molar-refractivity contribution in [1.29, 1.82) is 0 Å². The van der Waals surface area contributed by atoms with Crippen molar-refractivity contribution in [2.75, 3.05) is 14.2 Å². The van der Waals surface area contributed by atoms with Gasteiger partial charge in [-0.3, -0.25) is 9.69 Å². The Morgan fingerprint density at radius 2 is 1.81 bits per heavy atom. The fourth-order valence-corrected chi connectivity index (χ4v) is 5.16. The number of halogens is 3. The molecule has 0 bridgehead atoms. The van der Waals surface area contributed by atoms with Crippen LogP contribution in [0, 0.1) is 5.92 Å². The average molecular weight is 521 g/mol. The Morgan fingerprint density at radius 3 is 2.39 bits per heavy atom. The molecule has 1 fully saturated rings. The van der Waals surface area contributed by atoms with Crippen LogP contribution in [0.3, 0.4) is 0 Å². The molecule has 2 amide bonds. The molecule has 3 atom stereocenters. The molecule has 1 aliphatic heterocycles. The van der Waals surface area contributed by atoms with Gasteiger partial charge in [0.1, 0.15) is 5.92 Å². The number of ether oxygens (including phenoxy) is 2. The highest BCUT2D eigenvalue weighted by Crippen LogP contribution is 2.51. The van der Waals surface area contributed by atoms with E-state index in [0.29, 0.717) is 5.56 Å². The Balaban J connectivity index is 1.94. The van der Waals surface area contributed by atoms with E-state index in [1.54, 1.807) is 23.6 Å². The molecular weight excluding hydrogens is 497 g/mol. The minimum absolute atomic E-state index is 0.00495. The highest BCUT2D eigenvalue weighted by atomic mass is 32.1. The van der Waals surface area contributed by atoms with E-state index in [0.717, 1.165) is 11.3 Å². The number of alkyl halides is 3. The molecule has 0 saturated carbocycles. The Hall–Kier alpha value is -3.57. The van der Waals surface area contributed by atoms with Crippen LogP contribution < -0.4 is 14.8 Å². The number of amides is 2. The summed E-state index contributed by atoms with van der Waals surface area (Å²) < 4.78 is 55.2. The van der Waals surface area contributed by atoms with Crippen molar-refractivity contribution >= 4 is 23.2 Å². The molecule has 0 radical (unpaired) electrons. The van der Waals surface area contributed by atoms with Crippen LogP contribution in [0.1, 0.15) is 26.8 Å². The summed E-state index contributed by atoms with van der Waals surface area (Å²) >= 11 is 0.942. The Bertz CT molecular complexity index is 1240. The predicted molar refractivity (Wildman–Crippen MR) is 126 cm³/mol. The molecule has 0 spiro atoms. The number of aliphatic hydroxyl groups is 1. The number of nitrogens with zero attached hydrogens (tertiary/aromatic N) is 1. The third kappa shape index (κ3) is 4.28. The molecule has 11 heteroatoms. The van der Waals surface area contributed by atoms with Crippen LogP contribution in [0.4, 0.5) is 18.0 Å². The number of ketones is 1. The number of carbonyl (C=O) groups is 2. The predicted octanol–water partition coefficient (Wildman–Crippen LogP) is 4.78. The second-order valence-electron chi connectivity index (χ2n) is 8.12. The molecule has 1 saturated heterocycles. The Kier molecular flexibility index (Phi) is 6.96. The zero-order valence-electron chi connectivity index (χ0n) is 19.3. The maximum absolute atomic E-state index is 14.8. The quantitative estimate of drug-likeness (QED) is 0.438. The maximum atomic E-state index is 14.8. The van der Waals surface area contributed by atoms with Gasteiger partial charge in [-0.05, 0) is 23.1 Å². The second kappa shape index (κ2) is 9.82. The number of hydrogen-bond donors (Lipinski definition) is 2. The molecule has 1 aliphatic rings. The number of para-hydroxylation sites is 1. The van der Waals surface area contributed by atoms with Crippen molar-refractivity contribution in [1.82, 2.24) is 10.2 Å². The standard InChI is InChI=1S/C25H23F3N2O5S/c1-34-17-11-6-10-16(22(17)35-2)20-19(21(31)18-12-7-13-36-18)24(33,25(26,27)28)30(23(32)29-20)14-15-8-4-3-5-9-15/h3-13,19-20,33H,14H2,1-2H3,(H,29,32)/t19-,20-,24+/m0/s1. The molecule has 2 N–H and O–H groups in total. The van der Waals surface area contributed by atoms with Gasteiger partial charge in [-0.1, -0.05) is 48.5 Å². The zero-order chi connectivity index (χ0) is 26.1. The molecular formula is C25H23F3N2O5S. The lowest BCUT2D eigenvalue weighted by Gasteiger charge is -2.51. The van der Waals surface area contributed by atoms with Gasteiger partial charge in [0.25, 0.3) is 5.72 Å². The van der Waals surface area contributed by atoms with E-state index in [1.807, 2.05) is 0 Å². The fourth-order valence-electron chi connectivity index (χ4n) is 4.46. The van der Waals surface area contributed by atoms with Crippen LogP contribution in [0.25, 0.3) is 0 Å². The van der Waals surface area contributed by atoms with Crippen LogP contribution in [0.2, 0.25) is 0 Å². The summed E-state index contributed by atoms with van der Waals surface area (Å²) in [7, 11) is 2.64. The van der Waals surface area contributed by atoms with Crippen LogP contribution in [0.15, 0.2) is 66.0 Å². The monoisotopic (exact) mass is 520 g/mol. The lowest BCUT2D eigenvalue weighted by Crippen LogP contribution is -2.73. The number of rotatable bonds is 7. The lowest BCUT2D eigenvalue weighted by molar-refractivity contribution is -0.328. The number of thiophene rings is 1. The average Bonchev–Trinajstić information content (AvgIpc) is 3.40. The van der Waals surface area contributed by atoms with Crippen LogP contribution in [-0.2, 0) is 6.54 Å². The molecule has 4 rings (SSSR count). The Morgan fingerprint density at radius 1 is 1.08 bits per heavy atom. The van der Waals surface area contributed by atoms with Gasteiger partial charge in [-0.25, -0.2) is 4.79 Å². The zero-order valence-corrected chi connectivity index (χ0v) is 20.1. The molecule has 2 heterocycles. The normalized spacial score (nSPS) is 22.2. The van der Waals surface area contributed by atoms with Crippen molar-refractivity contribution < 1.29 is 37.3 Å². The van der Waals surface area contributed by atoms with E-state index in [4.69, 9.17) is 9.47 Å². The number of carbonyl (C=O) groups excluding carboxylic acids is 2. The third-order valence-electron chi connectivity index (χ3n) is 6.12. The first kappa shape index (κ1) is 25.5. The summed E-state index contributed by atoms with van der Waals surface area (Å²) in [4.78, 5) is 27.2. The van der Waals surface area contributed by atoms with Crippen molar-refractivity contribution in [2.24, 2.45) is 5.92 Å². The van der Waals surface area contributed by atoms with Gasteiger partial charge in [0.05, 0.1) is 31.7 Å². The molecule has 0 aliphatic carbocycles. The van der Waals surface area contributed by atoms with Crippen LogP contribution in [0.5, 0.6) is 11.5 Å². The number of benzene rings is 2.